The molecule has 0 spiro atoms. The SMILES string of the molecule is CC(C)(Br)C1CCC1. The fraction of sp³-hybridized carbons (Fsp3) is 1.00. The molecule has 8 heavy (non-hydrogen) atoms. The number of alkyl halides is 1. The maximum atomic E-state index is 3.66. The van der Waals surface area contributed by atoms with Crippen molar-refractivity contribution in [2.75, 3.05) is 0 Å². The Hall–Kier alpha value is 0.480. The molecule has 1 aliphatic rings. The topological polar surface area (TPSA) is 0 Å². The van der Waals surface area contributed by atoms with Crippen LogP contribution in [0.5, 0.6) is 0 Å². The highest BCUT2D eigenvalue weighted by molar-refractivity contribution is 9.10. The largest absolute Gasteiger partial charge is 0.0856 e. The Labute approximate surface area is 59.8 Å². The standard InChI is InChI=1S/C7H13Br/c1-7(2,8)6-4-3-5-6/h6H,3-5H2,1-2H3. The monoisotopic (exact) mass is 176 g/mol. The lowest BCUT2D eigenvalue weighted by molar-refractivity contribution is 0.264. The van der Waals surface area contributed by atoms with Crippen molar-refractivity contribution in [3.63, 3.8) is 0 Å². The lowest BCUT2D eigenvalue weighted by Gasteiger charge is -2.35. The van der Waals surface area contributed by atoms with E-state index < -0.39 is 0 Å². The lowest BCUT2D eigenvalue weighted by Crippen LogP contribution is -2.29. The molecule has 0 atom stereocenters. The Morgan fingerprint density at radius 3 is 1.88 bits per heavy atom. The van der Waals surface area contributed by atoms with Crippen LogP contribution in [0, 0.1) is 5.92 Å². The second-order valence-electron chi connectivity index (χ2n) is 3.19. The normalized spacial score (nSPS) is 22.9. The molecular weight excluding hydrogens is 164 g/mol. The van der Waals surface area contributed by atoms with E-state index in [0.717, 1.165) is 5.92 Å². The lowest BCUT2D eigenvalue weighted by atomic mass is 9.77. The van der Waals surface area contributed by atoms with E-state index in [4.69, 9.17) is 0 Å². The number of rotatable bonds is 1. The minimum atomic E-state index is 0.408. The van der Waals surface area contributed by atoms with Gasteiger partial charge in [0.25, 0.3) is 0 Å². The quantitative estimate of drug-likeness (QED) is 0.540. The number of halogens is 1. The summed E-state index contributed by atoms with van der Waals surface area (Å²) in [5.41, 5.74) is 0. The van der Waals surface area contributed by atoms with Crippen LogP contribution in [0.25, 0.3) is 0 Å². The molecule has 48 valence electrons. The first-order valence-electron chi connectivity index (χ1n) is 3.29. The zero-order chi connectivity index (χ0) is 6.20. The highest BCUT2D eigenvalue weighted by Gasteiger charge is 2.30. The molecule has 0 aliphatic heterocycles. The highest BCUT2D eigenvalue weighted by atomic mass is 79.9. The van der Waals surface area contributed by atoms with Gasteiger partial charge in [-0.25, -0.2) is 0 Å². The molecule has 0 aromatic rings. The highest BCUT2D eigenvalue weighted by Crippen LogP contribution is 2.40. The van der Waals surface area contributed by atoms with Gasteiger partial charge in [0.15, 0.2) is 0 Å². The van der Waals surface area contributed by atoms with Crippen LogP contribution in [-0.4, -0.2) is 4.32 Å². The van der Waals surface area contributed by atoms with E-state index in [2.05, 4.69) is 29.8 Å². The van der Waals surface area contributed by atoms with Crippen molar-refractivity contribution in [1.82, 2.24) is 0 Å². The van der Waals surface area contributed by atoms with Gasteiger partial charge in [0.2, 0.25) is 0 Å². The van der Waals surface area contributed by atoms with Crippen LogP contribution in [0.1, 0.15) is 33.1 Å². The van der Waals surface area contributed by atoms with Crippen LogP contribution in [0.3, 0.4) is 0 Å². The molecule has 0 N–H and O–H groups in total. The second kappa shape index (κ2) is 2.02. The summed E-state index contributed by atoms with van der Waals surface area (Å²) in [4.78, 5) is 0. The van der Waals surface area contributed by atoms with Gasteiger partial charge < -0.3 is 0 Å². The average molecular weight is 177 g/mol. The Morgan fingerprint density at radius 2 is 1.88 bits per heavy atom. The summed E-state index contributed by atoms with van der Waals surface area (Å²) >= 11 is 3.66. The van der Waals surface area contributed by atoms with Crippen LogP contribution < -0.4 is 0 Å². The van der Waals surface area contributed by atoms with Crippen molar-refractivity contribution in [3.8, 4) is 0 Å². The molecule has 0 bridgehead atoms. The van der Waals surface area contributed by atoms with E-state index in [0.29, 0.717) is 4.32 Å². The summed E-state index contributed by atoms with van der Waals surface area (Å²) < 4.78 is 0.408. The van der Waals surface area contributed by atoms with E-state index in [-0.39, 0.29) is 0 Å². The number of hydrogen-bond donors (Lipinski definition) is 0. The molecule has 0 nitrogen and oxygen atoms in total. The first-order valence-corrected chi connectivity index (χ1v) is 4.09. The van der Waals surface area contributed by atoms with Gasteiger partial charge in [-0.15, -0.1) is 0 Å². The van der Waals surface area contributed by atoms with Crippen molar-refractivity contribution < 1.29 is 0 Å². The third-order valence-corrected chi connectivity index (χ3v) is 2.72. The predicted molar refractivity (Wildman–Crippen MR) is 40.3 cm³/mol. The van der Waals surface area contributed by atoms with E-state index in [1.54, 1.807) is 0 Å². The molecule has 0 saturated heterocycles. The van der Waals surface area contributed by atoms with Gasteiger partial charge in [0.05, 0.1) is 0 Å². The Bertz CT molecular complexity index is 76.9. The first kappa shape index (κ1) is 6.60. The van der Waals surface area contributed by atoms with Crippen LogP contribution in [0.4, 0.5) is 0 Å². The van der Waals surface area contributed by atoms with Crippen molar-refractivity contribution in [1.29, 1.82) is 0 Å². The maximum absolute atomic E-state index is 3.66. The zero-order valence-corrected chi connectivity index (χ0v) is 7.16. The fourth-order valence-electron chi connectivity index (χ4n) is 1.09. The van der Waals surface area contributed by atoms with Crippen LogP contribution in [-0.2, 0) is 0 Å². The minimum Gasteiger partial charge on any atom is -0.0856 e. The summed E-state index contributed by atoms with van der Waals surface area (Å²) in [6, 6.07) is 0. The molecule has 1 rings (SSSR count). The van der Waals surface area contributed by atoms with Gasteiger partial charge in [-0.1, -0.05) is 22.4 Å². The summed E-state index contributed by atoms with van der Waals surface area (Å²) in [5, 5.41) is 0. The third-order valence-electron chi connectivity index (χ3n) is 2.08. The van der Waals surface area contributed by atoms with Crippen molar-refractivity contribution in [3.05, 3.63) is 0 Å². The molecule has 1 fully saturated rings. The first-order chi connectivity index (χ1) is 3.61. The fourth-order valence-corrected chi connectivity index (χ4v) is 1.55. The third kappa shape index (κ3) is 1.25. The molecule has 0 aromatic heterocycles. The van der Waals surface area contributed by atoms with Crippen LogP contribution in [0.15, 0.2) is 0 Å². The molecule has 1 aliphatic carbocycles. The zero-order valence-electron chi connectivity index (χ0n) is 5.58. The Kier molecular flexibility index (Phi) is 1.66. The van der Waals surface area contributed by atoms with Gasteiger partial charge in [0.1, 0.15) is 0 Å². The Morgan fingerprint density at radius 1 is 1.38 bits per heavy atom. The summed E-state index contributed by atoms with van der Waals surface area (Å²) in [6.45, 7) is 4.52. The van der Waals surface area contributed by atoms with Gasteiger partial charge in [-0.05, 0) is 32.6 Å². The van der Waals surface area contributed by atoms with Crippen molar-refractivity contribution in [2.45, 2.75) is 37.4 Å². The molecule has 0 aromatic carbocycles. The maximum Gasteiger partial charge on any atom is 0.0229 e. The van der Waals surface area contributed by atoms with Gasteiger partial charge in [0, 0.05) is 4.32 Å². The van der Waals surface area contributed by atoms with E-state index in [9.17, 15) is 0 Å². The number of hydrogen-bond acceptors (Lipinski definition) is 0. The van der Waals surface area contributed by atoms with Gasteiger partial charge >= 0.3 is 0 Å². The molecule has 0 amide bonds. The molecule has 0 unspecified atom stereocenters. The molecule has 0 radical (unpaired) electrons. The van der Waals surface area contributed by atoms with Crippen LogP contribution in [0.2, 0.25) is 0 Å². The van der Waals surface area contributed by atoms with Gasteiger partial charge in [-0.3, -0.25) is 0 Å². The van der Waals surface area contributed by atoms with Crippen molar-refractivity contribution >= 4 is 15.9 Å². The summed E-state index contributed by atoms with van der Waals surface area (Å²) in [7, 11) is 0. The summed E-state index contributed by atoms with van der Waals surface area (Å²) in [6.07, 6.45) is 4.30. The van der Waals surface area contributed by atoms with E-state index in [1.807, 2.05) is 0 Å². The van der Waals surface area contributed by atoms with E-state index in [1.165, 1.54) is 19.3 Å². The smallest absolute Gasteiger partial charge is 0.0229 e. The van der Waals surface area contributed by atoms with Gasteiger partial charge in [-0.2, -0.15) is 0 Å². The van der Waals surface area contributed by atoms with Crippen LogP contribution >= 0.6 is 15.9 Å². The molecule has 1 saturated carbocycles. The predicted octanol–water partition coefficient (Wildman–Crippen LogP) is 2.96. The molecule has 1 heteroatoms. The summed E-state index contributed by atoms with van der Waals surface area (Å²) in [5.74, 6) is 0.947. The van der Waals surface area contributed by atoms with Crippen molar-refractivity contribution in [2.24, 2.45) is 5.92 Å². The molecular formula is C7H13Br. The second-order valence-corrected chi connectivity index (χ2v) is 5.24. The van der Waals surface area contributed by atoms with E-state index >= 15 is 0 Å². The Balaban J connectivity index is 2.34. The average Bonchev–Trinajstić information content (AvgIpc) is 1.16. The minimum absolute atomic E-state index is 0.408. The molecule has 0 heterocycles.